The number of nitrogens with zero attached hydrogens (tertiary/aromatic N) is 1. The van der Waals surface area contributed by atoms with Gasteiger partial charge in [0.1, 0.15) is 5.75 Å². The molecular weight excluding hydrogens is 362 g/mol. The molecule has 5 atom stereocenters. The van der Waals surface area contributed by atoms with Crippen LogP contribution in [0.3, 0.4) is 0 Å². The minimum absolute atomic E-state index is 0.00248. The van der Waals surface area contributed by atoms with Crippen molar-refractivity contribution in [2.45, 2.75) is 31.3 Å². The molecule has 4 aliphatic rings. The summed E-state index contributed by atoms with van der Waals surface area (Å²) < 4.78 is 10.4. The zero-order valence-electron chi connectivity index (χ0n) is 17.0. The SMILES string of the molecule is COC(=O)[C@H]1[C@@H]2C[C@@H]3CC[C@H]1N3C/C2=C\c1ccc(-c2ccc(OC)cc2)cc1. The lowest BCUT2D eigenvalue weighted by Crippen LogP contribution is -2.58. The average molecular weight is 389 g/mol. The first-order chi connectivity index (χ1) is 14.2. The van der Waals surface area contributed by atoms with E-state index in [-0.39, 0.29) is 11.9 Å². The van der Waals surface area contributed by atoms with Crippen LogP contribution in [0.5, 0.6) is 5.75 Å². The number of hydrogen-bond donors (Lipinski definition) is 0. The van der Waals surface area contributed by atoms with E-state index >= 15 is 0 Å². The highest BCUT2D eigenvalue weighted by Gasteiger charge is 2.55. The van der Waals surface area contributed by atoms with Crippen LogP contribution in [-0.2, 0) is 9.53 Å². The van der Waals surface area contributed by atoms with Crippen molar-refractivity contribution in [3.63, 3.8) is 0 Å². The van der Waals surface area contributed by atoms with Crippen LogP contribution in [0.25, 0.3) is 17.2 Å². The number of carbonyl (C=O) groups excluding carboxylic acids is 1. The van der Waals surface area contributed by atoms with Crippen LogP contribution < -0.4 is 4.74 Å². The fourth-order valence-corrected chi connectivity index (χ4v) is 5.65. The summed E-state index contributed by atoms with van der Waals surface area (Å²) in [6.45, 7) is 0.994. The molecule has 6 rings (SSSR count). The van der Waals surface area contributed by atoms with Crippen LogP contribution >= 0.6 is 0 Å². The van der Waals surface area contributed by atoms with E-state index in [1.54, 1.807) is 7.11 Å². The minimum Gasteiger partial charge on any atom is -0.497 e. The highest BCUT2D eigenvalue weighted by atomic mass is 16.5. The van der Waals surface area contributed by atoms with Crippen LogP contribution in [0.1, 0.15) is 24.8 Å². The van der Waals surface area contributed by atoms with E-state index in [0.29, 0.717) is 18.0 Å². The van der Waals surface area contributed by atoms with Gasteiger partial charge in [-0.3, -0.25) is 9.69 Å². The van der Waals surface area contributed by atoms with Gasteiger partial charge in [-0.05, 0) is 54.0 Å². The smallest absolute Gasteiger partial charge is 0.310 e. The van der Waals surface area contributed by atoms with Crippen LogP contribution in [0.15, 0.2) is 54.1 Å². The third-order valence-corrected chi connectivity index (χ3v) is 7.07. The Balaban J connectivity index is 1.39. The van der Waals surface area contributed by atoms with E-state index in [0.717, 1.165) is 25.1 Å². The fourth-order valence-electron chi connectivity index (χ4n) is 5.65. The highest BCUT2D eigenvalue weighted by molar-refractivity contribution is 5.76. The van der Waals surface area contributed by atoms with Crippen molar-refractivity contribution in [1.29, 1.82) is 0 Å². The molecule has 4 heteroatoms. The first-order valence-electron chi connectivity index (χ1n) is 10.5. The quantitative estimate of drug-likeness (QED) is 0.727. The van der Waals surface area contributed by atoms with Crippen molar-refractivity contribution in [2.24, 2.45) is 11.8 Å². The van der Waals surface area contributed by atoms with Crippen molar-refractivity contribution in [3.05, 3.63) is 59.7 Å². The van der Waals surface area contributed by atoms with E-state index in [1.807, 2.05) is 12.1 Å². The molecule has 0 aliphatic carbocycles. The lowest BCUT2D eigenvalue weighted by Gasteiger charge is -2.50. The van der Waals surface area contributed by atoms with Crippen LogP contribution in [0.4, 0.5) is 0 Å². The zero-order valence-corrected chi connectivity index (χ0v) is 17.0. The zero-order chi connectivity index (χ0) is 20.0. The highest BCUT2D eigenvalue weighted by Crippen LogP contribution is 2.50. The van der Waals surface area contributed by atoms with E-state index in [9.17, 15) is 4.79 Å². The summed E-state index contributed by atoms with van der Waals surface area (Å²) in [5.74, 6) is 1.15. The molecule has 2 aromatic rings. The Morgan fingerprint density at radius 1 is 1.00 bits per heavy atom. The third-order valence-electron chi connectivity index (χ3n) is 7.07. The normalized spacial score (nSPS) is 31.1. The molecule has 4 heterocycles. The summed E-state index contributed by atoms with van der Waals surface area (Å²) >= 11 is 0. The Bertz CT molecular complexity index is 932. The predicted molar refractivity (Wildman–Crippen MR) is 114 cm³/mol. The molecule has 4 bridgehead atoms. The first-order valence-corrected chi connectivity index (χ1v) is 10.5. The molecule has 4 saturated heterocycles. The summed E-state index contributed by atoms with van der Waals surface area (Å²) in [4.78, 5) is 15.1. The van der Waals surface area contributed by atoms with Gasteiger partial charge >= 0.3 is 5.97 Å². The molecule has 0 radical (unpaired) electrons. The van der Waals surface area contributed by atoms with E-state index < -0.39 is 0 Å². The molecule has 0 N–H and O–H groups in total. The largest absolute Gasteiger partial charge is 0.497 e. The number of fused-ring (bicyclic) bond motifs is 1. The van der Waals surface area contributed by atoms with Crippen molar-refractivity contribution < 1.29 is 14.3 Å². The van der Waals surface area contributed by atoms with Crippen LogP contribution in [0.2, 0.25) is 0 Å². The maximum Gasteiger partial charge on any atom is 0.310 e. The standard InChI is InChI=1S/C25H27NO3/c1-28-21-10-7-18(8-11-21)17-5-3-16(4-6-17)13-19-15-26-20-9-12-23(26)24(22(19)14-20)25(27)29-2/h3-8,10-11,13,20,22-24H,9,12,14-15H2,1-2H3/b19-13+/t20-,22+,23+,24-/m0/s1. The molecule has 0 amide bonds. The molecule has 1 unspecified atom stereocenters. The number of piperidine rings is 3. The van der Waals surface area contributed by atoms with Gasteiger partial charge in [0.2, 0.25) is 0 Å². The predicted octanol–water partition coefficient (Wildman–Crippen LogP) is 4.40. The Kier molecular flexibility index (Phi) is 4.67. The Morgan fingerprint density at radius 2 is 1.69 bits per heavy atom. The lowest BCUT2D eigenvalue weighted by atomic mass is 9.71. The Hall–Kier alpha value is -2.59. The molecule has 4 nitrogen and oxygen atoms in total. The number of esters is 1. The second kappa shape index (κ2) is 7.34. The molecule has 0 spiro atoms. The summed E-state index contributed by atoms with van der Waals surface area (Å²) in [5, 5.41) is 0. The average Bonchev–Trinajstić information content (AvgIpc) is 3.08. The number of ether oxygens (including phenoxy) is 2. The number of carbonyl (C=O) groups is 1. The maximum absolute atomic E-state index is 12.5. The van der Waals surface area contributed by atoms with Gasteiger partial charge in [-0.15, -0.1) is 0 Å². The number of methoxy groups -OCH3 is 2. The second-order valence-corrected chi connectivity index (χ2v) is 8.43. The fraction of sp³-hybridized carbons (Fsp3) is 0.400. The van der Waals surface area contributed by atoms with Crippen molar-refractivity contribution in [2.75, 3.05) is 20.8 Å². The maximum atomic E-state index is 12.5. The first kappa shape index (κ1) is 18.4. The molecule has 0 aromatic heterocycles. The number of hydrogen-bond acceptors (Lipinski definition) is 4. The minimum atomic E-state index is -0.0363. The Morgan fingerprint density at radius 3 is 2.34 bits per heavy atom. The molecule has 2 aromatic carbocycles. The molecule has 4 aliphatic heterocycles. The third kappa shape index (κ3) is 3.16. The topological polar surface area (TPSA) is 38.8 Å². The molecule has 29 heavy (non-hydrogen) atoms. The molecule has 0 saturated carbocycles. The van der Waals surface area contributed by atoms with E-state index in [1.165, 1.54) is 35.8 Å². The van der Waals surface area contributed by atoms with E-state index in [2.05, 4.69) is 47.4 Å². The van der Waals surface area contributed by atoms with Crippen molar-refractivity contribution in [3.8, 4) is 16.9 Å². The van der Waals surface area contributed by atoms with Gasteiger partial charge in [-0.2, -0.15) is 0 Å². The van der Waals surface area contributed by atoms with Crippen molar-refractivity contribution >= 4 is 12.0 Å². The van der Waals surface area contributed by atoms with Gasteiger partial charge in [0.15, 0.2) is 0 Å². The summed E-state index contributed by atoms with van der Waals surface area (Å²) in [5.41, 5.74) is 4.94. The summed E-state index contributed by atoms with van der Waals surface area (Å²) in [7, 11) is 3.20. The monoisotopic (exact) mass is 389 g/mol. The van der Waals surface area contributed by atoms with Gasteiger partial charge in [0.05, 0.1) is 20.1 Å². The van der Waals surface area contributed by atoms with Gasteiger partial charge in [-0.1, -0.05) is 48.0 Å². The van der Waals surface area contributed by atoms with Gasteiger partial charge in [0.25, 0.3) is 0 Å². The van der Waals surface area contributed by atoms with Gasteiger partial charge in [-0.25, -0.2) is 0 Å². The van der Waals surface area contributed by atoms with Crippen molar-refractivity contribution in [1.82, 2.24) is 4.90 Å². The second-order valence-electron chi connectivity index (χ2n) is 8.43. The van der Waals surface area contributed by atoms with Gasteiger partial charge < -0.3 is 9.47 Å². The number of rotatable bonds is 4. The molecule has 150 valence electrons. The molecular formula is C25H27NO3. The summed E-state index contributed by atoms with van der Waals surface area (Å²) in [6.07, 6.45) is 5.73. The summed E-state index contributed by atoms with van der Waals surface area (Å²) in [6, 6.07) is 17.8. The van der Waals surface area contributed by atoms with Gasteiger partial charge in [0, 0.05) is 18.6 Å². The lowest BCUT2D eigenvalue weighted by molar-refractivity contribution is -0.153. The van der Waals surface area contributed by atoms with Crippen LogP contribution in [-0.4, -0.2) is 43.7 Å². The Labute approximate surface area is 172 Å². The van der Waals surface area contributed by atoms with Crippen LogP contribution in [0, 0.1) is 11.8 Å². The van der Waals surface area contributed by atoms with E-state index in [4.69, 9.17) is 9.47 Å². The number of benzene rings is 2. The molecule has 4 fully saturated rings.